The molecule has 0 heterocycles. The first kappa shape index (κ1) is 12.6. The summed E-state index contributed by atoms with van der Waals surface area (Å²) in [5, 5.41) is 11.8. The maximum absolute atomic E-state index is 12.1. The van der Waals surface area contributed by atoms with E-state index in [0.29, 0.717) is 5.92 Å². The molecule has 4 nitrogen and oxygen atoms in total. The van der Waals surface area contributed by atoms with Crippen LogP contribution in [0.25, 0.3) is 0 Å². The number of carbonyl (C=O) groups is 1. The minimum atomic E-state index is -0.652. The van der Waals surface area contributed by atoms with Crippen molar-refractivity contribution in [3.63, 3.8) is 0 Å². The largest absolute Gasteiger partial charge is 0.367 e. The Hall–Kier alpha value is -1.86. The maximum atomic E-state index is 12.1. The van der Waals surface area contributed by atoms with E-state index in [4.69, 9.17) is 10.00 Å². The highest BCUT2D eigenvalue weighted by Crippen LogP contribution is 2.32. The lowest BCUT2D eigenvalue weighted by Crippen LogP contribution is -2.39. The minimum Gasteiger partial charge on any atom is -0.367 e. The molecular formula is C14H16N2O2. The van der Waals surface area contributed by atoms with E-state index in [1.165, 1.54) is 7.11 Å². The molecule has 1 aromatic rings. The van der Waals surface area contributed by atoms with Crippen LogP contribution in [0.3, 0.4) is 0 Å². The molecule has 0 aliphatic heterocycles. The van der Waals surface area contributed by atoms with Crippen LogP contribution >= 0.6 is 0 Å². The average Bonchev–Trinajstić information content (AvgIpc) is 3.22. The summed E-state index contributed by atoms with van der Waals surface area (Å²) >= 11 is 0. The molecule has 0 aromatic heterocycles. The summed E-state index contributed by atoms with van der Waals surface area (Å²) in [7, 11) is 1.50. The van der Waals surface area contributed by atoms with Crippen molar-refractivity contribution in [1.82, 2.24) is 5.32 Å². The van der Waals surface area contributed by atoms with Crippen molar-refractivity contribution in [2.75, 3.05) is 7.11 Å². The second-order valence-corrected chi connectivity index (χ2v) is 4.48. The van der Waals surface area contributed by atoms with Gasteiger partial charge in [-0.3, -0.25) is 4.79 Å². The fraction of sp³-hybridized carbons (Fsp3) is 0.429. The molecule has 1 fully saturated rings. The summed E-state index contributed by atoms with van der Waals surface area (Å²) in [6, 6.07) is 11.0. The van der Waals surface area contributed by atoms with Crippen molar-refractivity contribution in [3.8, 4) is 6.07 Å². The Balaban J connectivity index is 2.04. The highest BCUT2D eigenvalue weighted by atomic mass is 16.5. The highest BCUT2D eigenvalue weighted by Gasteiger charge is 2.34. The number of nitriles is 1. The van der Waals surface area contributed by atoms with Crippen LogP contribution < -0.4 is 5.32 Å². The maximum Gasteiger partial charge on any atom is 0.254 e. The number of methoxy groups -OCH3 is 1. The first-order valence-corrected chi connectivity index (χ1v) is 6.04. The second-order valence-electron chi connectivity index (χ2n) is 4.48. The molecule has 0 saturated heterocycles. The summed E-state index contributed by atoms with van der Waals surface area (Å²) < 4.78 is 5.22. The molecule has 1 saturated carbocycles. The van der Waals surface area contributed by atoms with E-state index < -0.39 is 6.10 Å². The van der Waals surface area contributed by atoms with Gasteiger partial charge in [0.15, 0.2) is 6.10 Å². The van der Waals surface area contributed by atoms with Gasteiger partial charge in [0.25, 0.3) is 5.91 Å². The zero-order valence-corrected chi connectivity index (χ0v) is 10.3. The number of hydrogen-bond acceptors (Lipinski definition) is 3. The number of carbonyl (C=O) groups excluding carboxylic acids is 1. The van der Waals surface area contributed by atoms with Gasteiger partial charge in [0.1, 0.15) is 6.04 Å². The Bertz CT molecular complexity index is 449. The number of hydrogen-bond donors (Lipinski definition) is 1. The number of nitrogens with one attached hydrogen (secondary N) is 1. The molecule has 1 amide bonds. The van der Waals surface area contributed by atoms with Gasteiger partial charge in [-0.2, -0.15) is 5.26 Å². The van der Waals surface area contributed by atoms with E-state index in [2.05, 4.69) is 11.4 Å². The van der Waals surface area contributed by atoms with E-state index in [1.807, 2.05) is 30.3 Å². The molecule has 1 aliphatic rings. The van der Waals surface area contributed by atoms with E-state index in [0.717, 1.165) is 18.4 Å². The van der Waals surface area contributed by atoms with Crippen molar-refractivity contribution < 1.29 is 9.53 Å². The zero-order chi connectivity index (χ0) is 13.0. The highest BCUT2D eigenvalue weighted by molar-refractivity contribution is 5.82. The molecule has 2 atom stereocenters. The molecule has 2 unspecified atom stereocenters. The number of nitrogens with zero attached hydrogens (tertiary/aromatic N) is 1. The van der Waals surface area contributed by atoms with Crippen LogP contribution in [0, 0.1) is 17.2 Å². The zero-order valence-electron chi connectivity index (χ0n) is 10.3. The second kappa shape index (κ2) is 5.65. The van der Waals surface area contributed by atoms with Gasteiger partial charge in [-0.15, -0.1) is 0 Å². The summed E-state index contributed by atoms with van der Waals surface area (Å²) in [5.41, 5.74) is 0.796. The minimum absolute atomic E-state index is 0.248. The van der Waals surface area contributed by atoms with Crippen LogP contribution in [0.5, 0.6) is 0 Å². The Morgan fingerprint density at radius 3 is 2.61 bits per heavy atom. The number of benzene rings is 1. The predicted molar refractivity (Wildman–Crippen MR) is 66.5 cm³/mol. The van der Waals surface area contributed by atoms with Gasteiger partial charge in [-0.1, -0.05) is 30.3 Å². The van der Waals surface area contributed by atoms with E-state index in [-0.39, 0.29) is 11.9 Å². The van der Waals surface area contributed by atoms with Gasteiger partial charge in [0, 0.05) is 7.11 Å². The molecule has 4 heteroatoms. The Kier molecular flexibility index (Phi) is 3.96. The van der Waals surface area contributed by atoms with Crippen molar-refractivity contribution in [2.24, 2.45) is 5.92 Å². The smallest absolute Gasteiger partial charge is 0.254 e. The SMILES string of the molecule is COC(C(=O)NC(C#N)C1CC1)c1ccccc1. The molecule has 1 N–H and O–H groups in total. The first-order chi connectivity index (χ1) is 8.76. The van der Waals surface area contributed by atoms with Gasteiger partial charge < -0.3 is 10.1 Å². The third-order valence-electron chi connectivity index (χ3n) is 3.11. The lowest BCUT2D eigenvalue weighted by Gasteiger charge is -2.18. The Morgan fingerprint density at radius 1 is 1.44 bits per heavy atom. The van der Waals surface area contributed by atoms with E-state index in [1.54, 1.807) is 0 Å². The van der Waals surface area contributed by atoms with E-state index >= 15 is 0 Å². The topological polar surface area (TPSA) is 62.1 Å². The van der Waals surface area contributed by atoms with Crippen LogP contribution in [-0.4, -0.2) is 19.1 Å². The average molecular weight is 244 g/mol. The molecule has 0 bridgehead atoms. The number of amides is 1. The van der Waals surface area contributed by atoms with Gasteiger partial charge >= 0.3 is 0 Å². The standard InChI is InChI=1S/C14H16N2O2/c1-18-13(11-5-3-2-4-6-11)14(17)16-12(9-15)10-7-8-10/h2-6,10,12-13H,7-8H2,1H3,(H,16,17). The fourth-order valence-corrected chi connectivity index (χ4v) is 1.94. The molecular weight excluding hydrogens is 228 g/mol. The van der Waals surface area contributed by atoms with Crippen LogP contribution in [-0.2, 0) is 9.53 Å². The molecule has 2 rings (SSSR count). The Morgan fingerprint density at radius 2 is 2.11 bits per heavy atom. The van der Waals surface area contributed by atoms with Gasteiger partial charge in [0.05, 0.1) is 6.07 Å². The number of rotatable bonds is 5. The van der Waals surface area contributed by atoms with Crippen LogP contribution in [0.2, 0.25) is 0 Å². The quantitative estimate of drug-likeness (QED) is 0.859. The van der Waals surface area contributed by atoms with Gasteiger partial charge in [-0.05, 0) is 24.3 Å². The molecule has 0 radical (unpaired) electrons. The summed E-state index contributed by atoms with van der Waals surface area (Å²) in [6.07, 6.45) is 1.38. The van der Waals surface area contributed by atoms with Crippen molar-refractivity contribution in [2.45, 2.75) is 25.0 Å². The molecule has 1 aromatic carbocycles. The predicted octanol–water partition coefficient (Wildman–Crippen LogP) is 1.79. The Labute approximate surface area is 107 Å². The van der Waals surface area contributed by atoms with Crippen LogP contribution in [0.15, 0.2) is 30.3 Å². The number of ether oxygens (including phenoxy) is 1. The van der Waals surface area contributed by atoms with Crippen molar-refractivity contribution >= 4 is 5.91 Å². The summed E-state index contributed by atoms with van der Waals surface area (Å²) in [4.78, 5) is 12.1. The molecule has 1 aliphatic carbocycles. The third kappa shape index (κ3) is 2.88. The van der Waals surface area contributed by atoms with Crippen LogP contribution in [0.4, 0.5) is 0 Å². The monoisotopic (exact) mass is 244 g/mol. The summed E-state index contributed by atoms with van der Waals surface area (Å²) in [5.74, 6) is 0.0642. The lowest BCUT2D eigenvalue weighted by atomic mass is 10.1. The molecule has 0 spiro atoms. The van der Waals surface area contributed by atoms with Crippen LogP contribution in [0.1, 0.15) is 24.5 Å². The van der Waals surface area contributed by atoms with E-state index in [9.17, 15) is 4.79 Å². The van der Waals surface area contributed by atoms with Gasteiger partial charge in [0.2, 0.25) is 0 Å². The summed E-state index contributed by atoms with van der Waals surface area (Å²) in [6.45, 7) is 0. The third-order valence-corrected chi connectivity index (χ3v) is 3.11. The lowest BCUT2D eigenvalue weighted by molar-refractivity contribution is -0.131. The van der Waals surface area contributed by atoms with Gasteiger partial charge in [-0.25, -0.2) is 0 Å². The molecule has 94 valence electrons. The van der Waals surface area contributed by atoms with Crippen molar-refractivity contribution in [1.29, 1.82) is 5.26 Å². The van der Waals surface area contributed by atoms with Crippen molar-refractivity contribution in [3.05, 3.63) is 35.9 Å². The first-order valence-electron chi connectivity index (χ1n) is 6.04. The normalized spacial score (nSPS) is 17.6. The molecule has 18 heavy (non-hydrogen) atoms. The fourth-order valence-electron chi connectivity index (χ4n) is 1.94.